The Morgan fingerprint density at radius 3 is 2.38 bits per heavy atom. The number of nitrogens with zero attached hydrogens (tertiary/aromatic N) is 3. The average molecular weight is 444 g/mol. The van der Waals surface area contributed by atoms with E-state index in [4.69, 9.17) is 4.74 Å². The highest BCUT2D eigenvalue weighted by Crippen LogP contribution is 2.23. The molecule has 1 aromatic rings. The molecule has 3 rings (SSSR count). The van der Waals surface area contributed by atoms with Crippen LogP contribution in [0.2, 0.25) is 0 Å². The lowest BCUT2D eigenvalue weighted by Gasteiger charge is -2.32. The molecule has 32 heavy (non-hydrogen) atoms. The van der Waals surface area contributed by atoms with Gasteiger partial charge in [-0.25, -0.2) is 0 Å². The molecule has 0 spiro atoms. The van der Waals surface area contributed by atoms with Crippen LogP contribution in [0.25, 0.3) is 0 Å². The zero-order chi connectivity index (χ0) is 23.3. The maximum Gasteiger partial charge on any atom is 0.309 e. The summed E-state index contributed by atoms with van der Waals surface area (Å²) < 4.78 is 5.06. The van der Waals surface area contributed by atoms with Crippen molar-refractivity contribution in [3.8, 4) is 0 Å². The van der Waals surface area contributed by atoms with Crippen molar-refractivity contribution in [3.05, 3.63) is 35.4 Å². The minimum atomic E-state index is -0.430. The zero-order valence-corrected chi connectivity index (χ0v) is 19.2. The van der Waals surface area contributed by atoms with Crippen LogP contribution in [0, 0.1) is 18.8 Å². The highest BCUT2D eigenvalue weighted by atomic mass is 16.5. The normalized spacial score (nSPS) is 19.2. The van der Waals surface area contributed by atoms with Gasteiger partial charge in [0, 0.05) is 39.6 Å². The van der Waals surface area contributed by atoms with E-state index in [0.29, 0.717) is 45.6 Å². The fourth-order valence-electron chi connectivity index (χ4n) is 4.32. The fraction of sp³-hybridized carbons (Fsp3) is 0.583. The van der Waals surface area contributed by atoms with Gasteiger partial charge < -0.3 is 19.4 Å². The number of ether oxygens (including phenoxy) is 1. The van der Waals surface area contributed by atoms with Gasteiger partial charge in [-0.3, -0.25) is 19.2 Å². The minimum absolute atomic E-state index is 0.0223. The van der Waals surface area contributed by atoms with Gasteiger partial charge in [0.25, 0.3) is 0 Å². The highest BCUT2D eigenvalue weighted by molar-refractivity contribution is 5.91. The van der Waals surface area contributed by atoms with Crippen LogP contribution in [-0.2, 0) is 30.5 Å². The Morgan fingerprint density at radius 1 is 1.09 bits per heavy atom. The smallest absolute Gasteiger partial charge is 0.309 e. The molecule has 2 heterocycles. The molecular weight excluding hydrogens is 410 g/mol. The summed E-state index contributed by atoms with van der Waals surface area (Å²) in [5, 5.41) is 0. The molecule has 1 atom stereocenters. The maximum atomic E-state index is 12.9. The number of likely N-dealkylation sites (tertiary alicyclic amines) is 2. The van der Waals surface area contributed by atoms with Crippen molar-refractivity contribution in [1.82, 2.24) is 14.7 Å². The van der Waals surface area contributed by atoms with Crippen LogP contribution in [0.1, 0.15) is 37.3 Å². The molecule has 1 aromatic carbocycles. The third-order valence-corrected chi connectivity index (χ3v) is 6.27. The largest absolute Gasteiger partial charge is 0.466 e. The molecule has 2 aliphatic heterocycles. The molecule has 0 aromatic heterocycles. The molecule has 0 bridgehead atoms. The Balaban J connectivity index is 1.47. The first kappa shape index (κ1) is 23.8. The number of rotatable bonds is 7. The second kappa shape index (κ2) is 10.6. The van der Waals surface area contributed by atoms with Crippen LogP contribution in [0.5, 0.6) is 0 Å². The molecule has 1 unspecified atom stereocenters. The minimum Gasteiger partial charge on any atom is -0.466 e. The van der Waals surface area contributed by atoms with E-state index < -0.39 is 5.92 Å². The van der Waals surface area contributed by atoms with Crippen molar-refractivity contribution in [2.24, 2.45) is 11.8 Å². The van der Waals surface area contributed by atoms with Gasteiger partial charge in [-0.1, -0.05) is 29.8 Å². The van der Waals surface area contributed by atoms with E-state index in [1.54, 1.807) is 23.8 Å². The molecule has 2 aliphatic rings. The van der Waals surface area contributed by atoms with Gasteiger partial charge in [-0.2, -0.15) is 0 Å². The van der Waals surface area contributed by atoms with Gasteiger partial charge in [-0.15, -0.1) is 0 Å². The SMILES string of the molecule is CCOC(=O)C1CCN(C(=O)CN(C)C(=O)C2CC(=O)N(Cc3ccc(C)cc3)C2)CC1. The number of hydrogen-bond donors (Lipinski definition) is 0. The second-order valence-corrected chi connectivity index (χ2v) is 8.76. The summed E-state index contributed by atoms with van der Waals surface area (Å²) in [6.45, 7) is 5.95. The van der Waals surface area contributed by atoms with Gasteiger partial charge in [0.1, 0.15) is 0 Å². The summed E-state index contributed by atoms with van der Waals surface area (Å²) in [5.74, 6) is -1.15. The number of piperidine rings is 1. The predicted octanol–water partition coefficient (Wildman–Crippen LogP) is 1.60. The standard InChI is InChI=1S/C24H33N3O5/c1-4-32-24(31)19-9-11-26(12-10-19)22(29)16-25(3)23(30)20-13-21(28)27(15-20)14-18-7-5-17(2)6-8-18/h5-8,19-20H,4,9-16H2,1-3H3. The first-order chi connectivity index (χ1) is 15.3. The first-order valence-electron chi connectivity index (χ1n) is 11.3. The summed E-state index contributed by atoms with van der Waals surface area (Å²) in [5.41, 5.74) is 2.19. The van der Waals surface area contributed by atoms with Crippen molar-refractivity contribution in [2.45, 2.75) is 39.7 Å². The lowest BCUT2D eigenvalue weighted by molar-refractivity contribution is -0.151. The molecule has 8 heteroatoms. The van der Waals surface area contributed by atoms with E-state index in [9.17, 15) is 19.2 Å². The monoisotopic (exact) mass is 443 g/mol. The van der Waals surface area contributed by atoms with E-state index in [0.717, 1.165) is 11.1 Å². The fourth-order valence-corrected chi connectivity index (χ4v) is 4.32. The number of benzene rings is 1. The third kappa shape index (κ3) is 5.87. The third-order valence-electron chi connectivity index (χ3n) is 6.27. The van der Waals surface area contributed by atoms with E-state index in [-0.39, 0.29) is 42.6 Å². The molecule has 8 nitrogen and oxygen atoms in total. The number of aryl methyl sites for hydroxylation is 1. The number of esters is 1. The molecule has 0 radical (unpaired) electrons. The summed E-state index contributed by atoms with van der Waals surface area (Å²) in [7, 11) is 1.61. The average Bonchev–Trinajstić information content (AvgIpc) is 3.15. The quantitative estimate of drug-likeness (QED) is 0.598. The zero-order valence-electron chi connectivity index (χ0n) is 19.2. The number of carbonyl (C=O) groups excluding carboxylic acids is 4. The van der Waals surface area contributed by atoms with Crippen molar-refractivity contribution in [1.29, 1.82) is 0 Å². The van der Waals surface area contributed by atoms with Crippen molar-refractivity contribution < 1.29 is 23.9 Å². The molecular formula is C24H33N3O5. The Hall–Kier alpha value is -2.90. The summed E-state index contributed by atoms with van der Waals surface area (Å²) in [6, 6.07) is 8.00. The second-order valence-electron chi connectivity index (χ2n) is 8.76. The topological polar surface area (TPSA) is 87.2 Å². The van der Waals surface area contributed by atoms with Crippen LogP contribution in [0.15, 0.2) is 24.3 Å². The Labute approximate surface area is 189 Å². The summed E-state index contributed by atoms with van der Waals surface area (Å²) >= 11 is 0. The van der Waals surface area contributed by atoms with Gasteiger partial charge in [-0.05, 0) is 32.3 Å². The summed E-state index contributed by atoms with van der Waals surface area (Å²) in [4.78, 5) is 54.7. The van der Waals surface area contributed by atoms with Crippen LogP contribution in [0.3, 0.4) is 0 Å². The first-order valence-corrected chi connectivity index (χ1v) is 11.3. The lowest BCUT2D eigenvalue weighted by atomic mass is 9.97. The van der Waals surface area contributed by atoms with Crippen LogP contribution < -0.4 is 0 Å². The van der Waals surface area contributed by atoms with Crippen molar-refractivity contribution in [3.63, 3.8) is 0 Å². The number of carbonyl (C=O) groups is 4. The van der Waals surface area contributed by atoms with Crippen LogP contribution >= 0.6 is 0 Å². The molecule has 0 aliphatic carbocycles. The Morgan fingerprint density at radius 2 is 1.75 bits per heavy atom. The van der Waals surface area contributed by atoms with Crippen molar-refractivity contribution >= 4 is 23.7 Å². The Kier molecular flexibility index (Phi) is 7.88. The molecule has 2 saturated heterocycles. The highest BCUT2D eigenvalue weighted by Gasteiger charge is 2.36. The maximum absolute atomic E-state index is 12.9. The molecule has 0 N–H and O–H groups in total. The lowest BCUT2D eigenvalue weighted by Crippen LogP contribution is -2.46. The predicted molar refractivity (Wildman–Crippen MR) is 118 cm³/mol. The molecule has 174 valence electrons. The van der Waals surface area contributed by atoms with Crippen LogP contribution in [-0.4, -0.2) is 78.2 Å². The van der Waals surface area contributed by atoms with E-state index in [1.165, 1.54) is 4.90 Å². The van der Waals surface area contributed by atoms with Gasteiger partial charge in [0.2, 0.25) is 17.7 Å². The Bertz CT molecular complexity index is 846. The van der Waals surface area contributed by atoms with Crippen LogP contribution in [0.4, 0.5) is 0 Å². The number of likely N-dealkylation sites (N-methyl/N-ethyl adjacent to an activating group) is 1. The number of amides is 3. The number of hydrogen-bond acceptors (Lipinski definition) is 5. The van der Waals surface area contributed by atoms with Gasteiger partial charge in [0.15, 0.2) is 0 Å². The van der Waals surface area contributed by atoms with E-state index in [1.807, 2.05) is 31.2 Å². The van der Waals surface area contributed by atoms with E-state index >= 15 is 0 Å². The molecule has 0 saturated carbocycles. The molecule has 3 amide bonds. The molecule has 2 fully saturated rings. The van der Waals surface area contributed by atoms with E-state index in [2.05, 4.69) is 0 Å². The van der Waals surface area contributed by atoms with Gasteiger partial charge >= 0.3 is 5.97 Å². The van der Waals surface area contributed by atoms with Crippen molar-refractivity contribution in [2.75, 3.05) is 39.8 Å². The summed E-state index contributed by atoms with van der Waals surface area (Å²) in [6.07, 6.45) is 1.33. The van der Waals surface area contributed by atoms with Gasteiger partial charge in [0.05, 0.1) is 25.0 Å².